The molecule has 1 saturated heterocycles. The second-order valence-corrected chi connectivity index (χ2v) is 4.14. The van der Waals surface area contributed by atoms with E-state index < -0.39 is 5.92 Å². The lowest BCUT2D eigenvalue weighted by molar-refractivity contribution is -0.145. The normalized spacial score (nSPS) is 21.1. The van der Waals surface area contributed by atoms with Gasteiger partial charge in [0, 0.05) is 0 Å². The number of hydrogen-bond donors (Lipinski definition) is 0. The fourth-order valence-electron chi connectivity index (χ4n) is 1.84. The Balaban J connectivity index is 2.07. The molecule has 2 unspecified atom stereocenters. The molecule has 1 aromatic rings. The van der Waals surface area contributed by atoms with Crippen LogP contribution in [0.25, 0.3) is 0 Å². The van der Waals surface area contributed by atoms with Gasteiger partial charge in [-0.3, -0.25) is 4.79 Å². The van der Waals surface area contributed by atoms with Crippen LogP contribution in [0, 0.1) is 0 Å². The van der Waals surface area contributed by atoms with E-state index in [0.717, 1.165) is 0 Å². The number of nitrogens with zero attached hydrogens (tertiary/aromatic N) is 2. The quantitative estimate of drug-likeness (QED) is 0.743. The fraction of sp³-hybridized carbons (Fsp3) is 0.750. The summed E-state index contributed by atoms with van der Waals surface area (Å²) in [5.74, 6) is -0.186. The Hall–Kier alpha value is -1.47. The minimum atomic E-state index is -0.522. The lowest BCUT2D eigenvalue weighted by atomic mass is 10.1. The first-order valence-corrected chi connectivity index (χ1v) is 6.45. The zero-order chi connectivity index (χ0) is 13.7. The number of rotatable bonds is 5. The van der Waals surface area contributed by atoms with E-state index in [0.29, 0.717) is 38.7 Å². The van der Waals surface area contributed by atoms with Crippen LogP contribution in [0.1, 0.15) is 44.0 Å². The molecule has 106 valence electrons. The van der Waals surface area contributed by atoms with Gasteiger partial charge < -0.3 is 18.7 Å². The highest BCUT2D eigenvalue weighted by molar-refractivity contribution is 5.76. The van der Waals surface area contributed by atoms with E-state index in [1.807, 2.05) is 6.92 Å². The van der Waals surface area contributed by atoms with Crippen molar-refractivity contribution < 1.29 is 23.5 Å². The van der Waals surface area contributed by atoms with Gasteiger partial charge in [-0.25, -0.2) is 0 Å². The zero-order valence-corrected chi connectivity index (χ0v) is 11.1. The SMILES string of the molecule is CCOC(=O)C(CC)c1nc(C2COCCO2)no1. The number of aromatic nitrogens is 2. The molecule has 1 aromatic heterocycles. The topological polar surface area (TPSA) is 83.7 Å². The zero-order valence-electron chi connectivity index (χ0n) is 11.1. The van der Waals surface area contributed by atoms with Gasteiger partial charge in [0.05, 0.1) is 26.4 Å². The average molecular weight is 270 g/mol. The molecule has 1 aliphatic rings. The molecule has 1 aliphatic heterocycles. The van der Waals surface area contributed by atoms with Crippen LogP contribution in [0.5, 0.6) is 0 Å². The highest BCUT2D eigenvalue weighted by Gasteiger charge is 2.29. The Morgan fingerprint density at radius 1 is 1.47 bits per heavy atom. The van der Waals surface area contributed by atoms with Crippen molar-refractivity contribution in [1.29, 1.82) is 0 Å². The summed E-state index contributed by atoms with van der Waals surface area (Å²) in [6.45, 7) is 5.43. The molecule has 19 heavy (non-hydrogen) atoms. The Morgan fingerprint density at radius 2 is 2.32 bits per heavy atom. The predicted molar refractivity (Wildman–Crippen MR) is 63.5 cm³/mol. The van der Waals surface area contributed by atoms with Gasteiger partial charge in [-0.1, -0.05) is 12.1 Å². The van der Waals surface area contributed by atoms with E-state index in [9.17, 15) is 4.79 Å². The van der Waals surface area contributed by atoms with Gasteiger partial charge in [0.15, 0.2) is 0 Å². The lowest BCUT2D eigenvalue weighted by Gasteiger charge is -2.19. The highest BCUT2D eigenvalue weighted by Crippen LogP contribution is 2.23. The Labute approximate surface area is 111 Å². The molecule has 0 radical (unpaired) electrons. The Bertz CT molecular complexity index is 414. The van der Waals surface area contributed by atoms with Gasteiger partial charge in [0.1, 0.15) is 12.0 Å². The van der Waals surface area contributed by atoms with Crippen LogP contribution in [0.15, 0.2) is 4.52 Å². The van der Waals surface area contributed by atoms with E-state index >= 15 is 0 Å². The number of esters is 1. The molecule has 2 atom stereocenters. The molecule has 2 heterocycles. The largest absolute Gasteiger partial charge is 0.465 e. The summed E-state index contributed by atoms with van der Waals surface area (Å²) in [7, 11) is 0. The van der Waals surface area contributed by atoms with Crippen LogP contribution < -0.4 is 0 Å². The molecule has 0 saturated carbocycles. The maximum atomic E-state index is 11.8. The smallest absolute Gasteiger partial charge is 0.318 e. The summed E-state index contributed by atoms with van der Waals surface area (Å²) in [5, 5.41) is 3.85. The van der Waals surface area contributed by atoms with Gasteiger partial charge in [0.2, 0.25) is 11.7 Å². The van der Waals surface area contributed by atoms with Crippen molar-refractivity contribution in [3.63, 3.8) is 0 Å². The first-order chi connectivity index (χ1) is 9.26. The molecule has 0 spiro atoms. The van der Waals surface area contributed by atoms with Crippen molar-refractivity contribution in [2.45, 2.75) is 32.3 Å². The lowest BCUT2D eigenvalue weighted by Crippen LogP contribution is -2.23. The molecule has 0 amide bonds. The molecule has 1 fully saturated rings. The molecule has 0 aromatic carbocycles. The third kappa shape index (κ3) is 3.30. The van der Waals surface area contributed by atoms with Crippen molar-refractivity contribution in [2.75, 3.05) is 26.4 Å². The second kappa shape index (κ2) is 6.63. The van der Waals surface area contributed by atoms with E-state index in [2.05, 4.69) is 10.1 Å². The summed E-state index contributed by atoms with van der Waals surface area (Å²) in [5.41, 5.74) is 0. The third-order valence-corrected chi connectivity index (χ3v) is 2.84. The number of ether oxygens (including phenoxy) is 3. The highest BCUT2D eigenvalue weighted by atomic mass is 16.6. The summed E-state index contributed by atoms with van der Waals surface area (Å²) >= 11 is 0. The number of carbonyl (C=O) groups excluding carboxylic acids is 1. The first-order valence-electron chi connectivity index (χ1n) is 6.45. The summed E-state index contributed by atoms with van der Waals surface area (Å²) in [6.07, 6.45) is 0.216. The monoisotopic (exact) mass is 270 g/mol. The van der Waals surface area contributed by atoms with Crippen LogP contribution in [-0.4, -0.2) is 42.5 Å². The fourth-order valence-corrected chi connectivity index (χ4v) is 1.84. The van der Waals surface area contributed by atoms with E-state index in [-0.39, 0.29) is 18.0 Å². The van der Waals surface area contributed by atoms with E-state index in [1.54, 1.807) is 6.92 Å². The minimum absolute atomic E-state index is 0.269. The van der Waals surface area contributed by atoms with Gasteiger partial charge >= 0.3 is 5.97 Å². The summed E-state index contributed by atoms with van der Waals surface area (Å²) in [4.78, 5) is 16.0. The molecule has 0 N–H and O–H groups in total. The van der Waals surface area contributed by atoms with Gasteiger partial charge in [0.25, 0.3) is 0 Å². The molecule has 7 nitrogen and oxygen atoms in total. The van der Waals surface area contributed by atoms with Crippen molar-refractivity contribution in [1.82, 2.24) is 10.1 Å². The van der Waals surface area contributed by atoms with Gasteiger partial charge in [-0.15, -0.1) is 0 Å². The van der Waals surface area contributed by atoms with Crippen LogP contribution >= 0.6 is 0 Å². The van der Waals surface area contributed by atoms with Crippen molar-refractivity contribution in [2.24, 2.45) is 0 Å². The maximum Gasteiger partial charge on any atom is 0.318 e. The number of hydrogen-bond acceptors (Lipinski definition) is 7. The molecule has 7 heteroatoms. The molecule has 0 bridgehead atoms. The van der Waals surface area contributed by atoms with Crippen LogP contribution in [0.4, 0.5) is 0 Å². The van der Waals surface area contributed by atoms with Crippen molar-refractivity contribution >= 4 is 5.97 Å². The Kier molecular flexibility index (Phi) is 4.86. The Morgan fingerprint density at radius 3 is 2.95 bits per heavy atom. The van der Waals surface area contributed by atoms with Crippen LogP contribution in [0.3, 0.4) is 0 Å². The third-order valence-electron chi connectivity index (χ3n) is 2.84. The number of carbonyl (C=O) groups is 1. The molecular weight excluding hydrogens is 252 g/mol. The maximum absolute atomic E-state index is 11.8. The molecular formula is C12H18N2O5. The van der Waals surface area contributed by atoms with Crippen LogP contribution in [-0.2, 0) is 19.0 Å². The standard InChI is InChI=1S/C12H18N2O5/c1-3-8(12(15)17-4-2)11-13-10(14-19-11)9-7-16-5-6-18-9/h8-9H,3-7H2,1-2H3. The second-order valence-electron chi connectivity index (χ2n) is 4.14. The molecule has 0 aliphatic carbocycles. The van der Waals surface area contributed by atoms with Crippen LogP contribution in [0.2, 0.25) is 0 Å². The van der Waals surface area contributed by atoms with Crippen molar-refractivity contribution in [3.8, 4) is 0 Å². The first kappa shape index (κ1) is 14.0. The van der Waals surface area contributed by atoms with Gasteiger partial charge in [-0.05, 0) is 13.3 Å². The van der Waals surface area contributed by atoms with Gasteiger partial charge in [-0.2, -0.15) is 4.98 Å². The van der Waals surface area contributed by atoms with E-state index in [4.69, 9.17) is 18.7 Å². The summed E-state index contributed by atoms with van der Waals surface area (Å²) < 4.78 is 20.9. The summed E-state index contributed by atoms with van der Waals surface area (Å²) in [6, 6.07) is 0. The van der Waals surface area contributed by atoms with E-state index in [1.165, 1.54) is 0 Å². The molecule has 2 rings (SSSR count). The minimum Gasteiger partial charge on any atom is -0.465 e. The predicted octanol–water partition coefficient (Wildman–Crippen LogP) is 1.21. The average Bonchev–Trinajstić information content (AvgIpc) is 2.90. The van der Waals surface area contributed by atoms with Crippen molar-refractivity contribution in [3.05, 3.63) is 11.7 Å².